The largest absolute Gasteiger partial charge is 0.497 e. The van der Waals surface area contributed by atoms with Gasteiger partial charge in [0.15, 0.2) is 5.13 Å². The Morgan fingerprint density at radius 2 is 1.97 bits per heavy atom. The van der Waals surface area contributed by atoms with Crippen molar-refractivity contribution in [3.63, 3.8) is 0 Å². The van der Waals surface area contributed by atoms with Crippen LogP contribution in [-0.2, 0) is 4.74 Å². The minimum Gasteiger partial charge on any atom is -0.497 e. The van der Waals surface area contributed by atoms with Gasteiger partial charge in [-0.3, -0.25) is 14.6 Å². The van der Waals surface area contributed by atoms with Crippen molar-refractivity contribution in [3.05, 3.63) is 52.5 Å². The average Bonchev–Trinajstić information content (AvgIpc) is 3.24. The van der Waals surface area contributed by atoms with Crippen molar-refractivity contribution in [2.24, 2.45) is 0 Å². The van der Waals surface area contributed by atoms with Gasteiger partial charge >= 0.3 is 0 Å². The van der Waals surface area contributed by atoms with Crippen molar-refractivity contribution < 1.29 is 14.3 Å². The van der Waals surface area contributed by atoms with E-state index in [1.807, 2.05) is 19.1 Å². The van der Waals surface area contributed by atoms with E-state index >= 15 is 0 Å². The van der Waals surface area contributed by atoms with E-state index in [1.54, 1.807) is 36.3 Å². The zero-order valence-corrected chi connectivity index (χ0v) is 18.6. The number of rotatable bonds is 6. The van der Waals surface area contributed by atoms with Gasteiger partial charge < -0.3 is 9.47 Å². The van der Waals surface area contributed by atoms with E-state index in [0.717, 1.165) is 48.6 Å². The molecule has 2 aromatic carbocycles. The number of hydrogen-bond acceptors (Lipinski definition) is 6. The summed E-state index contributed by atoms with van der Waals surface area (Å²) in [6, 6.07) is 11.0. The first-order valence-electron chi connectivity index (χ1n) is 9.88. The Hall–Kier alpha value is -2.19. The fourth-order valence-corrected chi connectivity index (χ4v) is 4.79. The summed E-state index contributed by atoms with van der Waals surface area (Å²) in [5.41, 5.74) is 2.49. The lowest BCUT2D eigenvalue weighted by molar-refractivity contribution is 0.0391. The first-order chi connectivity index (χ1) is 14.6. The number of anilines is 1. The second kappa shape index (κ2) is 9.31. The molecule has 30 heavy (non-hydrogen) atoms. The van der Waals surface area contributed by atoms with Crippen LogP contribution in [0.3, 0.4) is 0 Å². The van der Waals surface area contributed by atoms with Gasteiger partial charge in [0.25, 0.3) is 5.91 Å². The number of thiazole rings is 1. The maximum atomic E-state index is 13.4. The standard InChI is InChI=1S/C22H24ClN3O3S/c1-15-3-8-18(23)20-19(15)24-22(30-20)26(10-9-25-11-13-29-14-12-25)21(27)16-4-6-17(28-2)7-5-16/h3-8H,9-14H2,1-2H3. The van der Waals surface area contributed by atoms with E-state index in [9.17, 15) is 4.79 Å². The van der Waals surface area contributed by atoms with Crippen molar-refractivity contribution in [2.45, 2.75) is 6.92 Å². The molecule has 1 aliphatic heterocycles. The molecule has 0 spiro atoms. The number of benzene rings is 2. The van der Waals surface area contributed by atoms with E-state index in [0.29, 0.717) is 28.0 Å². The van der Waals surface area contributed by atoms with Crippen molar-refractivity contribution in [3.8, 4) is 5.75 Å². The van der Waals surface area contributed by atoms with E-state index in [1.165, 1.54) is 11.3 Å². The molecule has 0 bridgehead atoms. The molecule has 0 aliphatic carbocycles. The number of amides is 1. The van der Waals surface area contributed by atoms with Crippen LogP contribution in [0.4, 0.5) is 5.13 Å². The topological polar surface area (TPSA) is 54.9 Å². The molecule has 1 aromatic heterocycles. The Labute approximate surface area is 185 Å². The van der Waals surface area contributed by atoms with Gasteiger partial charge in [0.05, 0.1) is 35.6 Å². The number of ether oxygens (including phenoxy) is 2. The lowest BCUT2D eigenvalue weighted by Crippen LogP contribution is -2.43. The van der Waals surface area contributed by atoms with Crippen LogP contribution in [-0.4, -0.2) is 62.3 Å². The first kappa shape index (κ1) is 21.1. The number of morpholine rings is 1. The van der Waals surface area contributed by atoms with Crippen LogP contribution in [0.5, 0.6) is 5.75 Å². The van der Waals surface area contributed by atoms with Crippen LogP contribution in [0.2, 0.25) is 5.02 Å². The molecule has 3 aromatic rings. The quantitative estimate of drug-likeness (QED) is 0.567. The number of nitrogens with zero attached hydrogens (tertiary/aromatic N) is 3. The van der Waals surface area contributed by atoms with Gasteiger partial charge in [0, 0.05) is 31.7 Å². The van der Waals surface area contributed by atoms with Gasteiger partial charge in [-0.15, -0.1) is 0 Å². The minimum atomic E-state index is -0.0845. The third kappa shape index (κ3) is 4.44. The Morgan fingerprint density at radius 1 is 1.23 bits per heavy atom. The fourth-order valence-electron chi connectivity index (χ4n) is 3.45. The number of aryl methyl sites for hydroxylation is 1. The van der Waals surface area contributed by atoms with Crippen molar-refractivity contribution >= 4 is 44.2 Å². The van der Waals surface area contributed by atoms with Gasteiger partial charge in [-0.2, -0.15) is 0 Å². The minimum absolute atomic E-state index is 0.0845. The highest BCUT2D eigenvalue weighted by atomic mass is 35.5. The highest BCUT2D eigenvalue weighted by Gasteiger charge is 2.24. The third-order valence-electron chi connectivity index (χ3n) is 5.24. The van der Waals surface area contributed by atoms with Gasteiger partial charge in [-0.1, -0.05) is 29.0 Å². The summed E-state index contributed by atoms with van der Waals surface area (Å²) in [6.07, 6.45) is 0. The molecule has 8 heteroatoms. The van der Waals surface area contributed by atoms with E-state index in [4.69, 9.17) is 26.1 Å². The first-order valence-corrected chi connectivity index (χ1v) is 11.1. The molecule has 4 rings (SSSR count). The molecule has 0 N–H and O–H groups in total. The van der Waals surface area contributed by atoms with E-state index < -0.39 is 0 Å². The molecule has 1 amide bonds. The van der Waals surface area contributed by atoms with Crippen LogP contribution in [0.25, 0.3) is 10.2 Å². The number of hydrogen-bond donors (Lipinski definition) is 0. The number of fused-ring (bicyclic) bond motifs is 1. The SMILES string of the molecule is COc1ccc(C(=O)N(CCN2CCOCC2)c2nc3c(C)ccc(Cl)c3s2)cc1. The van der Waals surface area contributed by atoms with Crippen molar-refractivity contribution in [1.29, 1.82) is 0 Å². The summed E-state index contributed by atoms with van der Waals surface area (Å²) in [7, 11) is 1.61. The Kier molecular flexibility index (Phi) is 6.53. The van der Waals surface area contributed by atoms with Crippen LogP contribution in [0.1, 0.15) is 15.9 Å². The number of carbonyl (C=O) groups excluding carboxylic acids is 1. The predicted molar refractivity (Wildman–Crippen MR) is 121 cm³/mol. The summed E-state index contributed by atoms with van der Waals surface area (Å²) in [5.74, 6) is 0.632. The van der Waals surface area contributed by atoms with Gasteiger partial charge in [-0.25, -0.2) is 4.98 Å². The molecular weight excluding hydrogens is 422 g/mol. The number of carbonyl (C=O) groups is 1. The maximum Gasteiger partial charge on any atom is 0.260 e. The highest BCUT2D eigenvalue weighted by Crippen LogP contribution is 2.36. The summed E-state index contributed by atoms with van der Waals surface area (Å²) in [4.78, 5) is 22.3. The van der Waals surface area contributed by atoms with Gasteiger partial charge in [0.2, 0.25) is 0 Å². The fraction of sp³-hybridized carbons (Fsp3) is 0.364. The van der Waals surface area contributed by atoms with E-state index in [2.05, 4.69) is 4.90 Å². The third-order valence-corrected chi connectivity index (χ3v) is 6.78. The number of methoxy groups -OCH3 is 1. The number of aromatic nitrogens is 1. The summed E-state index contributed by atoms with van der Waals surface area (Å²) in [6.45, 7) is 6.50. The van der Waals surface area contributed by atoms with Crippen LogP contribution < -0.4 is 9.64 Å². The predicted octanol–water partition coefficient (Wildman–Crippen LogP) is 4.25. The molecule has 1 saturated heterocycles. The molecule has 2 heterocycles. The second-order valence-corrected chi connectivity index (χ2v) is 8.56. The molecular formula is C22H24ClN3O3S. The normalized spacial score (nSPS) is 14.8. The molecule has 0 unspecified atom stereocenters. The van der Waals surface area contributed by atoms with Crippen LogP contribution in [0.15, 0.2) is 36.4 Å². The molecule has 6 nitrogen and oxygen atoms in total. The summed E-state index contributed by atoms with van der Waals surface area (Å²) in [5, 5.41) is 1.32. The van der Waals surface area contributed by atoms with Crippen LogP contribution >= 0.6 is 22.9 Å². The van der Waals surface area contributed by atoms with Crippen LogP contribution in [0, 0.1) is 6.92 Å². The molecule has 0 radical (unpaired) electrons. The average molecular weight is 446 g/mol. The van der Waals surface area contributed by atoms with Gasteiger partial charge in [-0.05, 0) is 42.8 Å². The molecule has 1 fully saturated rings. The Bertz CT molecular complexity index is 993. The van der Waals surface area contributed by atoms with Crippen molar-refractivity contribution in [1.82, 2.24) is 9.88 Å². The zero-order chi connectivity index (χ0) is 21.1. The summed E-state index contributed by atoms with van der Waals surface area (Å²) >= 11 is 7.86. The van der Waals surface area contributed by atoms with Crippen molar-refractivity contribution in [2.75, 3.05) is 51.4 Å². The lowest BCUT2D eigenvalue weighted by Gasteiger charge is -2.29. The molecule has 0 saturated carbocycles. The van der Waals surface area contributed by atoms with Gasteiger partial charge in [0.1, 0.15) is 5.75 Å². The Balaban J connectivity index is 1.66. The summed E-state index contributed by atoms with van der Waals surface area (Å²) < 4.78 is 11.6. The number of halogens is 1. The van der Waals surface area contributed by atoms with E-state index in [-0.39, 0.29) is 5.91 Å². The molecule has 0 atom stereocenters. The lowest BCUT2D eigenvalue weighted by atomic mass is 10.2. The smallest absolute Gasteiger partial charge is 0.260 e. The maximum absolute atomic E-state index is 13.4. The Morgan fingerprint density at radius 3 is 2.63 bits per heavy atom. The highest BCUT2D eigenvalue weighted by molar-refractivity contribution is 7.23. The molecule has 158 valence electrons. The monoisotopic (exact) mass is 445 g/mol. The second-order valence-electron chi connectivity index (χ2n) is 7.18. The molecule has 1 aliphatic rings. The zero-order valence-electron chi connectivity index (χ0n) is 17.1.